The summed E-state index contributed by atoms with van der Waals surface area (Å²) in [5.41, 5.74) is 1.24. The molecule has 1 unspecified atom stereocenters. The maximum absolute atomic E-state index is 13.0. The third kappa shape index (κ3) is 3.97. The Balaban J connectivity index is 1.87. The van der Waals surface area contributed by atoms with E-state index >= 15 is 0 Å². The molecule has 0 aromatic carbocycles. The fourth-order valence-corrected chi connectivity index (χ4v) is 5.58. The first kappa shape index (κ1) is 19.4. The molecular formula is C18H25N3O3S2. The number of amides is 1. The maximum Gasteiger partial charge on any atom is 0.263 e. The van der Waals surface area contributed by atoms with Crippen molar-refractivity contribution in [3.63, 3.8) is 0 Å². The van der Waals surface area contributed by atoms with Gasteiger partial charge in [0, 0.05) is 25.1 Å². The molecule has 6 nitrogen and oxygen atoms in total. The number of hydrogen-bond donors (Lipinski definition) is 1. The van der Waals surface area contributed by atoms with Crippen LogP contribution in [-0.2, 0) is 28.9 Å². The highest BCUT2D eigenvalue weighted by atomic mass is 32.2. The number of aromatic nitrogens is 2. The Morgan fingerprint density at radius 3 is 3.04 bits per heavy atom. The van der Waals surface area contributed by atoms with E-state index in [1.807, 2.05) is 6.92 Å². The minimum Gasteiger partial charge on any atom is -0.383 e. The van der Waals surface area contributed by atoms with Crippen LogP contribution in [0.25, 0.3) is 10.2 Å². The van der Waals surface area contributed by atoms with Crippen LogP contribution in [0, 0.1) is 5.92 Å². The summed E-state index contributed by atoms with van der Waals surface area (Å²) >= 11 is 2.97. The van der Waals surface area contributed by atoms with Gasteiger partial charge in [-0.25, -0.2) is 4.98 Å². The highest BCUT2D eigenvalue weighted by Crippen LogP contribution is 2.36. The summed E-state index contributed by atoms with van der Waals surface area (Å²) in [6.45, 7) is 5.72. The van der Waals surface area contributed by atoms with E-state index in [1.165, 1.54) is 22.2 Å². The molecule has 0 spiro atoms. The molecule has 0 saturated heterocycles. The number of aryl methyl sites for hydroxylation is 1. The van der Waals surface area contributed by atoms with E-state index in [2.05, 4.69) is 12.2 Å². The number of carbonyl (C=O) groups is 1. The van der Waals surface area contributed by atoms with Gasteiger partial charge in [-0.2, -0.15) is 0 Å². The van der Waals surface area contributed by atoms with Crippen molar-refractivity contribution in [3.8, 4) is 0 Å². The number of carbonyl (C=O) groups excluding carboxylic acids is 1. The molecule has 2 aromatic heterocycles. The van der Waals surface area contributed by atoms with Crippen molar-refractivity contribution in [2.75, 3.05) is 26.0 Å². The molecule has 8 heteroatoms. The number of nitrogens with zero attached hydrogens (tertiary/aromatic N) is 2. The molecule has 2 aromatic rings. The monoisotopic (exact) mass is 395 g/mol. The average molecular weight is 396 g/mol. The number of nitrogens with one attached hydrogen (secondary N) is 1. The zero-order chi connectivity index (χ0) is 18.7. The number of rotatable bonds is 7. The normalized spacial score (nSPS) is 16.7. The largest absolute Gasteiger partial charge is 0.383 e. The van der Waals surface area contributed by atoms with Gasteiger partial charge in [0.1, 0.15) is 4.83 Å². The third-order valence-electron chi connectivity index (χ3n) is 4.66. The van der Waals surface area contributed by atoms with Crippen molar-refractivity contribution in [1.29, 1.82) is 0 Å². The molecule has 1 atom stereocenters. The van der Waals surface area contributed by atoms with Crippen LogP contribution in [0.1, 0.15) is 30.7 Å². The van der Waals surface area contributed by atoms with E-state index in [-0.39, 0.29) is 17.2 Å². The summed E-state index contributed by atoms with van der Waals surface area (Å²) in [6.07, 6.45) is 3.13. The number of ether oxygens (including phenoxy) is 1. The van der Waals surface area contributed by atoms with Crippen LogP contribution in [0.2, 0.25) is 0 Å². The molecule has 0 radical (unpaired) electrons. The second-order valence-corrected chi connectivity index (χ2v) is 8.63. The Hall–Kier alpha value is -1.38. The molecule has 3 rings (SSSR count). The van der Waals surface area contributed by atoms with E-state index < -0.39 is 0 Å². The first-order chi connectivity index (χ1) is 12.5. The molecule has 0 fully saturated rings. The standard InChI is InChI=1S/C18H25N3O3S2/c1-4-21-17(23)15-12-6-5-11(2)9-13(12)26-16(15)20-18(21)25-10-14(22)19-7-8-24-3/h11H,4-10H2,1-3H3,(H,19,22). The summed E-state index contributed by atoms with van der Waals surface area (Å²) in [5, 5.41) is 4.21. The molecule has 26 heavy (non-hydrogen) atoms. The molecule has 1 N–H and O–H groups in total. The smallest absolute Gasteiger partial charge is 0.263 e. The van der Waals surface area contributed by atoms with Gasteiger partial charge in [-0.1, -0.05) is 18.7 Å². The minimum absolute atomic E-state index is 0.0341. The van der Waals surface area contributed by atoms with Gasteiger partial charge in [-0.05, 0) is 37.7 Å². The second-order valence-electron chi connectivity index (χ2n) is 6.61. The summed E-state index contributed by atoms with van der Waals surface area (Å²) in [7, 11) is 1.60. The van der Waals surface area contributed by atoms with Crippen LogP contribution in [-0.4, -0.2) is 41.5 Å². The van der Waals surface area contributed by atoms with Gasteiger partial charge < -0.3 is 10.1 Å². The lowest BCUT2D eigenvalue weighted by molar-refractivity contribution is -0.118. The Morgan fingerprint density at radius 2 is 2.31 bits per heavy atom. The van der Waals surface area contributed by atoms with Crippen LogP contribution in [0.15, 0.2) is 9.95 Å². The number of methoxy groups -OCH3 is 1. The number of thioether (sulfide) groups is 1. The van der Waals surface area contributed by atoms with Crippen molar-refractivity contribution in [2.24, 2.45) is 5.92 Å². The van der Waals surface area contributed by atoms with Crippen molar-refractivity contribution in [1.82, 2.24) is 14.9 Å². The molecule has 142 valence electrons. The molecule has 2 heterocycles. The van der Waals surface area contributed by atoms with E-state index in [1.54, 1.807) is 23.0 Å². The van der Waals surface area contributed by atoms with Crippen molar-refractivity contribution >= 4 is 39.2 Å². The van der Waals surface area contributed by atoms with Gasteiger partial charge in [0.05, 0.1) is 17.7 Å². The predicted molar refractivity (Wildman–Crippen MR) is 106 cm³/mol. The van der Waals surface area contributed by atoms with Crippen LogP contribution in [0.4, 0.5) is 0 Å². The van der Waals surface area contributed by atoms with Crippen LogP contribution >= 0.6 is 23.1 Å². The highest BCUT2D eigenvalue weighted by Gasteiger charge is 2.24. The third-order valence-corrected chi connectivity index (χ3v) is 6.78. The van der Waals surface area contributed by atoms with Gasteiger partial charge in [0.25, 0.3) is 5.56 Å². The van der Waals surface area contributed by atoms with E-state index in [9.17, 15) is 9.59 Å². The number of hydrogen-bond acceptors (Lipinski definition) is 6. The van der Waals surface area contributed by atoms with E-state index in [4.69, 9.17) is 9.72 Å². The second kappa shape index (κ2) is 8.54. The predicted octanol–water partition coefficient (Wildman–Crippen LogP) is 2.46. The first-order valence-electron chi connectivity index (χ1n) is 8.98. The zero-order valence-corrected chi connectivity index (χ0v) is 17.1. The Bertz CT molecular complexity index is 859. The molecule has 0 bridgehead atoms. The minimum atomic E-state index is -0.0802. The fraction of sp³-hybridized carbons (Fsp3) is 0.611. The Labute approximate surface area is 161 Å². The van der Waals surface area contributed by atoms with E-state index in [0.29, 0.717) is 30.8 Å². The lowest BCUT2D eigenvalue weighted by Crippen LogP contribution is -2.29. The quantitative estimate of drug-likeness (QED) is 0.443. The lowest BCUT2D eigenvalue weighted by Gasteiger charge is -2.17. The Kier molecular flexibility index (Phi) is 6.37. The Morgan fingerprint density at radius 1 is 1.50 bits per heavy atom. The SMILES string of the molecule is CCn1c(SCC(=O)NCCOC)nc2sc3c(c2c1=O)CCC(C)C3. The molecular weight excluding hydrogens is 370 g/mol. The average Bonchev–Trinajstić information content (AvgIpc) is 2.97. The molecule has 1 aliphatic rings. The van der Waals surface area contributed by atoms with Gasteiger partial charge in [-0.15, -0.1) is 11.3 Å². The van der Waals surface area contributed by atoms with Crippen molar-refractivity contribution in [2.45, 2.75) is 44.8 Å². The van der Waals surface area contributed by atoms with Gasteiger partial charge in [0.15, 0.2) is 5.16 Å². The molecule has 0 aliphatic heterocycles. The van der Waals surface area contributed by atoms with Gasteiger partial charge in [-0.3, -0.25) is 14.2 Å². The van der Waals surface area contributed by atoms with Gasteiger partial charge in [0.2, 0.25) is 5.91 Å². The summed E-state index contributed by atoms with van der Waals surface area (Å²) < 4.78 is 6.62. The number of thiophene rings is 1. The molecule has 1 amide bonds. The first-order valence-corrected chi connectivity index (χ1v) is 10.8. The fourth-order valence-electron chi connectivity index (χ4n) is 3.27. The topological polar surface area (TPSA) is 73.2 Å². The molecule has 0 saturated carbocycles. The van der Waals surface area contributed by atoms with Crippen molar-refractivity contribution < 1.29 is 9.53 Å². The van der Waals surface area contributed by atoms with Gasteiger partial charge >= 0.3 is 0 Å². The molecule has 1 aliphatic carbocycles. The summed E-state index contributed by atoms with van der Waals surface area (Å²) in [6, 6.07) is 0. The van der Waals surface area contributed by atoms with Crippen LogP contribution in [0.3, 0.4) is 0 Å². The maximum atomic E-state index is 13.0. The number of fused-ring (bicyclic) bond motifs is 3. The summed E-state index contributed by atoms with van der Waals surface area (Å²) in [4.78, 5) is 31.9. The lowest BCUT2D eigenvalue weighted by atomic mass is 9.89. The zero-order valence-electron chi connectivity index (χ0n) is 15.5. The van der Waals surface area contributed by atoms with Crippen LogP contribution < -0.4 is 10.9 Å². The highest BCUT2D eigenvalue weighted by molar-refractivity contribution is 7.99. The van der Waals surface area contributed by atoms with Crippen molar-refractivity contribution in [3.05, 3.63) is 20.8 Å². The van der Waals surface area contributed by atoms with Crippen LogP contribution in [0.5, 0.6) is 0 Å². The van der Waals surface area contributed by atoms with E-state index in [0.717, 1.165) is 29.5 Å². The summed E-state index contributed by atoms with van der Waals surface area (Å²) in [5.74, 6) is 0.820.